The number of benzene rings is 2. The molecule has 0 radical (unpaired) electrons. The number of hydrogen-bond donors (Lipinski definition) is 0. The van der Waals surface area contributed by atoms with Crippen molar-refractivity contribution < 1.29 is 4.42 Å². The fraction of sp³-hybridized carbons (Fsp3) is 0.318. The highest BCUT2D eigenvalue weighted by Crippen LogP contribution is 2.54. The van der Waals surface area contributed by atoms with Gasteiger partial charge in [-0.3, -0.25) is 0 Å². The fourth-order valence-electron chi connectivity index (χ4n) is 9.64. The van der Waals surface area contributed by atoms with Crippen molar-refractivity contribution in [1.29, 1.82) is 0 Å². The topological polar surface area (TPSA) is 16.4 Å². The third kappa shape index (κ3) is 4.57. The van der Waals surface area contributed by atoms with Gasteiger partial charge in [-0.2, -0.15) is 0 Å². The molecule has 4 aromatic rings. The Bertz CT molecular complexity index is 2090. The Hall–Kier alpha value is -4.08. The van der Waals surface area contributed by atoms with Crippen LogP contribution in [0.1, 0.15) is 90.0 Å². The first-order chi connectivity index (χ1) is 23.3. The summed E-state index contributed by atoms with van der Waals surface area (Å²) in [4.78, 5) is 4.42. The van der Waals surface area contributed by atoms with Crippen LogP contribution >= 0.6 is 11.3 Å². The largest absolute Gasteiger partial charge is 0.465 e. The van der Waals surface area contributed by atoms with Gasteiger partial charge >= 0.3 is 0 Å². The summed E-state index contributed by atoms with van der Waals surface area (Å²) in [6.07, 6.45) is 29.7. The number of fused-ring (bicyclic) bond motifs is 9. The van der Waals surface area contributed by atoms with Crippen LogP contribution in [0.15, 0.2) is 107 Å². The van der Waals surface area contributed by atoms with E-state index in [2.05, 4.69) is 102 Å². The van der Waals surface area contributed by atoms with E-state index < -0.39 is 0 Å². The average Bonchev–Trinajstić information content (AvgIpc) is 3.71. The molecule has 47 heavy (non-hydrogen) atoms. The molecule has 2 nitrogen and oxygen atoms in total. The minimum Gasteiger partial charge on any atom is -0.465 e. The molecule has 0 bridgehead atoms. The fourth-order valence-corrected chi connectivity index (χ4v) is 10.9. The Morgan fingerprint density at radius 2 is 1.64 bits per heavy atom. The van der Waals surface area contributed by atoms with Crippen LogP contribution in [0.3, 0.4) is 0 Å². The lowest BCUT2D eigenvalue weighted by Gasteiger charge is -2.46. The summed E-state index contributed by atoms with van der Waals surface area (Å²) < 4.78 is 8.09. The normalized spacial score (nSPS) is 24.4. The molecule has 3 atom stereocenters. The van der Waals surface area contributed by atoms with Crippen molar-refractivity contribution in [2.75, 3.05) is 0 Å². The summed E-state index contributed by atoms with van der Waals surface area (Å²) in [6.45, 7) is 0. The molecule has 0 amide bonds. The van der Waals surface area contributed by atoms with Crippen molar-refractivity contribution in [1.82, 2.24) is 4.90 Å². The zero-order chi connectivity index (χ0) is 30.9. The van der Waals surface area contributed by atoms with Gasteiger partial charge in [0.25, 0.3) is 0 Å². The van der Waals surface area contributed by atoms with Gasteiger partial charge < -0.3 is 9.32 Å². The molecule has 3 unspecified atom stereocenters. The Morgan fingerprint density at radius 3 is 2.60 bits per heavy atom. The standard InChI is InChI=1S/C44H41NOS/c1-2-10-28(11-3-1)31-12-8-13-32(26-31)45(37-16-9-18-39-43(37)34-14-4-6-17-38(34)46-39)33-24-22-29-20-21-30-23-25-41-44(42(30)36(29)27-33)35-15-5-7-19-40(35)47-41/h1-5,7,10-11,13-16,19-21,26,29,33,36H,6,8-9,12,17-18,22-25,27H2. The Morgan fingerprint density at radius 1 is 0.766 bits per heavy atom. The van der Waals surface area contributed by atoms with Crippen molar-refractivity contribution in [3.8, 4) is 0 Å². The number of nitrogens with zero attached hydrogens (tertiary/aromatic N) is 1. The monoisotopic (exact) mass is 631 g/mol. The van der Waals surface area contributed by atoms with Crippen molar-refractivity contribution >= 4 is 44.3 Å². The van der Waals surface area contributed by atoms with Crippen molar-refractivity contribution in [2.24, 2.45) is 11.8 Å². The molecule has 2 heterocycles. The van der Waals surface area contributed by atoms with Gasteiger partial charge in [0.1, 0.15) is 11.5 Å². The molecule has 10 rings (SSSR count). The second-order valence-electron chi connectivity index (χ2n) is 14.3. The lowest BCUT2D eigenvalue weighted by atomic mass is 9.65. The average molecular weight is 632 g/mol. The van der Waals surface area contributed by atoms with Gasteiger partial charge in [0.15, 0.2) is 0 Å². The summed E-state index contributed by atoms with van der Waals surface area (Å²) in [7, 11) is 0. The Labute approximate surface area is 282 Å². The molecule has 3 heteroatoms. The van der Waals surface area contributed by atoms with E-state index >= 15 is 0 Å². The molecule has 1 saturated carbocycles. The summed E-state index contributed by atoms with van der Waals surface area (Å²) in [5, 5.41) is 1.48. The summed E-state index contributed by atoms with van der Waals surface area (Å²) in [5.41, 5.74) is 13.2. The van der Waals surface area contributed by atoms with E-state index in [9.17, 15) is 0 Å². The molecule has 6 aliphatic rings. The Kier molecular flexibility index (Phi) is 6.71. The molecular formula is C44H41NOS. The highest BCUT2D eigenvalue weighted by molar-refractivity contribution is 7.19. The molecule has 0 spiro atoms. The molecule has 0 saturated heterocycles. The van der Waals surface area contributed by atoms with E-state index in [0.29, 0.717) is 17.9 Å². The second-order valence-corrected chi connectivity index (χ2v) is 15.4. The van der Waals surface area contributed by atoms with Crippen LogP contribution in [0, 0.1) is 11.8 Å². The lowest BCUT2D eigenvalue weighted by Crippen LogP contribution is -2.41. The van der Waals surface area contributed by atoms with Gasteiger partial charge in [-0.15, -0.1) is 11.3 Å². The number of rotatable bonds is 4. The minimum atomic E-state index is 0.430. The van der Waals surface area contributed by atoms with Crippen LogP contribution in [-0.2, 0) is 19.3 Å². The smallest absolute Gasteiger partial charge is 0.114 e. The third-order valence-electron chi connectivity index (χ3n) is 11.7. The van der Waals surface area contributed by atoms with Gasteiger partial charge in [-0.25, -0.2) is 0 Å². The van der Waals surface area contributed by atoms with E-state index in [4.69, 9.17) is 4.42 Å². The maximum Gasteiger partial charge on any atom is 0.114 e. The summed E-state index contributed by atoms with van der Waals surface area (Å²) in [5.74, 6) is 3.57. The molecular weight excluding hydrogens is 591 g/mol. The third-order valence-corrected chi connectivity index (χ3v) is 12.9. The van der Waals surface area contributed by atoms with E-state index in [1.807, 2.05) is 11.3 Å². The molecule has 2 aromatic heterocycles. The maximum absolute atomic E-state index is 6.63. The number of allylic oxidation sites excluding steroid dienone is 9. The van der Waals surface area contributed by atoms with E-state index in [0.717, 1.165) is 38.5 Å². The van der Waals surface area contributed by atoms with Crippen molar-refractivity contribution in [3.63, 3.8) is 0 Å². The zero-order valence-corrected chi connectivity index (χ0v) is 27.8. The van der Waals surface area contributed by atoms with Gasteiger partial charge in [0.05, 0.1) is 0 Å². The summed E-state index contributed by atoms with van der Waals surface area (Å²) in [6, 6.07) is 20.7. The number of thiophene rings is 1. The Balaban J connectivity index is 1.09. The highest BCUT2D eigenvalue weighted by atomic mass is 32.1. The number of aryl methyl sites for hydroxylation is 3. The van der Waals surface area contributed by atoms with Crippen molar-refractivity contribution in [2.45, 2.75) is 76.7 Å². The van der Waals surface area contributed by atoms with Crippen LogP contribution in [0.2, 0.25) is 0 Å². The quantitative estimate of drug-likeness (QED) is 0.223. The van der Waals surface area contributed by atoms with E-state index in [1.54, 1.807) is 21.6 Å². The predicted molar refractivity (Wildman–Crippen MR) is 197 cm³/mol. The second kappa shape index (κ2) is 11.3. The first kappa shape index (κ1) is 28.0. The first-order valence-corrected chi connectivity index (χ1v) is 18.8. The highest BCUT2D eigenvalue weighted by Gasteiger charge is 2.42. The molecule has 0 aliphatic heterocycles. The van der Waals surface area contributed by atoms with Crippen LogP contribution in [0.25, 0.3) is 33.0 Å². The van der Waals surface area contributed by atoms with Gasteiger partial charge in [0, 0.05) is 56.4 Å². The van der Waals surface area contributed by atoms with Crippen LogP contribution in [0.4, 0.5) is 0 Å². The van der Waals surface area contributed by atoms with Gasteiger partial charge in [0.2, 0.25) is 0 Å². The predicted octanol–water partition coefficient (Wildman–Crippen LogP) is 11.6. The first-order valence-electron chi connectivity index (χ1n) is 18.0. The molecule has 1 fully saturated rings. The maximum atomic E-state index is 6.63. The van der Waals surface area contributed by atoms with Crippen LogP contribution in [-0.4, -0.2) is 10.9 Å². The molecule has 234 valence electrons. The van der Waals surface area contributed by atoms with Crippen LogP contribution < -0.4 is 0 Å². The molecule has 0 N–H and O–H groups in total. The SMILES string of the molecule is C1=Cc2c(oc3c2C(N(C2=CCCC(c4ccccc4)=C2)C2CCC4C=CC5=C(c6c(sc7ccccc67)CC5)C4C2)=CCC3)CC1. The number of furan rings is 1. The van der Waals surface area contributed by atoms with Crippen LogP contribution in [0.5, 0.6) is 0 Å². The lowest BCUT2D eigenvalue weighted by molar-refractivity contribution is 0.213. The molecule has 2 aromatic carbocycles. The van der Waals surface area contributed by atoms with E-state index in [-0.39, 0.29) is 0 Å². The van der Waals surface area contributed by atoms with Crippen molar-refractivity contribution in [3.05, 3.63) is 141 Å². The van der Waals surface area contributed by atoms with Gasteiger partial charge in [-0.1, -0.05) is 85.0 Å². The number of hydrogen-bond acceptors (Lipinski definition) is 3. The van der Waals surface area contributed by atoms with Gasteiger partial charge in [-0.05, 0) is 110 Å². The zero-order valence-electron chi connectivity index (χ0n) is 27.0. The van der Waals surface area contributed by atoms with E-state index in [1.165, 1.54) is 87.4 Å². The minimum absolute atomic E-state index is 0.430. The summed E-state index contributed by atoms with van der Waals surface area (Å²) >= 11 is 2.04. The molecule has 6 aliphatic carbocycles.